The van der Waals surface area contributed by atoms with Crippen LogP contribution in [-0.2, 0) is 35.0 Å². The van der Waals surface area contributed by atoms with E-state index in [0.29, 0.717) is 18.2 Å². The van der Waals surface area contributed by atoms with Crippen molar-refractivity contribution < 1.29 is 48.4 Å². The highest BCUT2D eigenvalue weighted by molar-refractivity contribution is 6.02. The minimum atomic E-state index is -2.61. The molecule has 0 atom stereocenters. The number of aryl methyl sites for hydroxylation is 1. The average molecular weight is 418 g/mol. The van der Waals surface area contributed by atoms with Gasteiger partial charge in [0.05, 0.1) is 17.5 Å². The van der Waals surface area contributed by atoms with Gasteiger partial charge in [0.1, 0.15) is 0 Å². The summed E-state index contributed by atoms with van der Waals surface area (Å²) >= 11 is 0. The number of carboxylic acid groups (broad SMARTS) is 2. The lowest BCUT2D eigenvalue weighted by molar-refractivity contribution is -0.326. The maximum atomic E-state index is 11.8. The standard InChI is InChI=1S/C20H18O10/c1-4-14(21)28-20(29-15(22)5-2,30-16(23)6-3)11-10-12-8-7-9-13(18(24)25)17(12)19(26)27/h4-9H,1-3,10-11H2,(H,24,25)(H,26,27). The third-order valence-electron chi connectivity index (χ3n) is 3.56. The molecule has 0 unspecified atom stereocenters. The van der Waals surface area contributed by atoms with Gasteiger partial charge in [0.2, 0.25) is 0 Å². The number of esters is 3. The van der Waals surface area contributed by atoms with Crippen LogP contribution >= 0.6 is 0 Å². The van der Waals surface area contributed by atoms with E-state index in [4.69, 9.17) is 14.2 Å². The number of carbonyl (C=O) groups excluding carboxylic acids is 3. The minimum Gasteiger partial charge on any atom is -0.478 e. The van der Waals surface area contributed by atoms with Crippen LogP contribution in [0.5, 0.6) is 0 Å². The largest absolute Gasteiger partial charge is 0.478 e. The fraction of sp³-hybridized carbons (Fsp3) is 0.150. The molecule has 0 aliphatic heterocycles. The van der Waals surface area contributed by atoms with Crippen LogP contribution in [0.25, 0.3) is 0 Å². The second-order valence-electron chi connectivity index (χ2n) is 5.51. The summed E-state index contributed by atoms with van der Waals surface area (Å²) in [6.07, 6.45) is 1.24. The van der Waals surface area contributed by atoms with E-state index in [1.807, 2.05) is 0 Å². The summed E-state index contributed by atoms with van der Waals surface area (Å²) in [6, 6.07) is 3.70. The van der Waals surface area contributed by atoms with E-state index in [-0.39, 0.29) is 12.0 Å². The Morgan fingerprint density at radius 2 is 1.30 bits per heavy atom. The summed E-state index contributed by atoms with van der Waals surface area (Å²) in [5.41, 5.74) is -1.02. The Bertz CT molecular complexity index is 857. The van der Waals surface area contributed by atoms with E-state index in [9.17, 15) is 34.2 Å². The average Bonchev–Trinajstić information content (AvgIpc) is 2.71. The fourth-order valence-corrected chi connectivity index (χ4v) is 2.33. The Hall–Kier alpha value is -4.21. The molecule has 0 amide bonds. The van der Waals surface area contributed by atoms with Crippen molar-refractivity contribution in [1.82, 2.24) is 0 Å². The molecule has 10 heteroatoms. The molecule has 0 heterocycles. The molecule has 30 heavy (non-hydrogen) atoms. The van der Waals surface area contributed by atoms with Crippen LogP contribution in [-0.4, -0.2) is 46.0 Å². The van der Waals surface area contributed by atoms with Gasteiger partial charge in [-0.1, -0.05) is 31.9 Å². The van der Waals surface area contributed by atoms with Crippen LogP contribution in [0.1, 0.15) is 32.7 Å². The fourth-order valence-electron chi connectivity index (χ4n) is 2.33. The zero-order valence-electron chi connectivity index (χ0n) is 15.7. The molecule has 0 radical (unpaired) electrons. The quantitative estimate of drug-likeness (QED) is 0.309. The van der Waals surface area contributed by atoms with Crippen molar-refractivity contribution in [2.45, 2.75) is 18.8 Å². The molecule has 0 saturated carbocycles. The monoisotopic (exact) mass is 418 g/mol. The van der Waals surface area contributed by atoms with Crippen molar-refractivity contribution >= 4 is 29.8 Å². The Balaban J connectivity index is 3.43. The van der Waals surface area contributed by atoms with E-state index in [0.717, 1.165) is 6.07 Å². The number of carboxylic acids is 2. The highest BCUT2D eigenvalue weighted by Crippen LogP contribution is 2.27. The number of aromatic carboxylic acids is 2. The maximum absolute atomic E-state index is 11.8. The van der Waals surface area contributed by atoms with Gasteiger partial charge in [-0.25, -0.2) is 24.0 Å². The second-order valence-corrected chi connectivity index (χ2v) is 5.51. The Morgan fingerprint density at radius 1 is 0.833 bits per heavy atom. The van der Waals surface area contributed by atoms with Gasteiger partial charge in [-0.15, -0.1) is 0 Å². The molecular formula is C20H18O10. The van der Waals surface area contributed by atoms with Gasteiger partial charge in [-0.2, -0.15) is 0 Å². The van der Waals surface area contributed by atoms with Gasteiger partial charge in [0, 0.05) is 18.2 Å². The molecule has 1 aromatic carbocycles. The molecular weight excluding hydrogens is 400 g/mol. The van der Waals surface area contributed by atoms with Crippen LogP contribution in [0.3, 0.4) is 0 Å². The SMILES string of the molecule is C=CC(=O)OC(CCc1cccc(C(=O)O)c1C(=O)O)(OC(=O)C=C)OC(=O)C=C. The van der Waals surface area contributed by atoms with E-state index < -0.39 is 53.4 Å². The van der Waals surface area contributed by atoms with E-state index >= 15 is 0 Å². The van der Waals surface area contributed by atoms with Crippen LogP contribution < -0.4 is 0 Å². The number of ether oxygens (including phenoxy) is 3. The summed E-state index contributed by atoms with van der Waals surface area (Å²) in [4.78, 5) is 58.2. The molecule has 10 nitrogen and oxygen atoms in total. The Labute approximate surface area is 170 Å². The van der Waals surface area contributed by atoms with E-state index in [1.165, 1.54) is 12.1 Å². The summed E-state index contributed by atoms with van der Waals surface area (Å²) in [5.74, 6) is -8.99. The molecule has 2 N–H and O–H groups in total. The lowest BCUT2D eigenvalue weighted by Crippen LogP contribution is -2.44. The second kappa shape index (κ2) is 10.4. The van der Waals surface area contributed by atoms with Gasteiger partial charge in [-0.3, -0.25) is 0 Å². The normalized spacial score (nSPS) is 10.3. The molecule has 0 saturated heterocycles. The van der Waals surface area contributed by atoms with E-state index in [2.05, 4.69) is 19.7 Å². The summed E-state index contributed by atoms with van der Waals surface area (Å²) in [5, 5.41) is 18.6. The predicted molar refractivity (Wildman–Crippen MR) is 100 cm³/mol. The van der Waals surface area contributed by atoms with Crippen molar-refractivity contribution in [1.29, 1.82) is 0 Å². The Kier molecular flexibility index (Phi) is 8.23. The number of hydrogen-bond acceptors (Lipinski definition) is 8. The third kappa shape index (κ3) is 6.16. The van der Waals surface area contributed by atoms with Gasteiger partial charge in [0.25, 0.3) is 0 Å². The molecule has 0 aromatic heterocycles. The van der Waals surface area contributed by atoms with Crippen molar-refractivity contribution in [3.05, 3.63) is 72.9 Å². The van der Waals surface area contributed by atoms with Crippen molar-refractivity contribution in [3.63, 3.8) is 0 Å². The molecule has 0 bridgehead atoms. The molecule has 1 rings (SSSR count). The van der Waals surface area contributed by atoms with Crippen molar-refractivity contribution in [2.75, 3.05) is 0 Å². The number of hydrogen-bond donors (Lipinski definition) is 2. The first kappa shape index (κ1) is 23.8. The molecule has 0 spiro atoms. The maximum Gasteiger partial charge on any atom is 0.424 e. The number of rotatable bonds is 11. The number of benzene rings is 1. The van der Waals surface area contributed by atoms with Gasteiger partial charge >= 0.3 is 35.8 Å². The molecule has 158 valence electrons. The number of carbonyl (C=O) groups is 5. The lowest BCUT2D eigenvalue weighted by atomic mass is 9.97. The van der Waals surface area contributed by atoms with Crippen LogP contribution in [0.15, 0.2) is 56.2 Å². The molecule has 0 aliphatic carbocycles. The van der Waals surface area contributed by atoms with Gasteiger partial charge in [-0.05, 0) is 18.1 Å². The zero-order chi connectivity index (χ0) is 22.9. The van der Waals surface area contributed by atoms with Crippen molar-refractivity contribution in [2.24, 2.45) is 0 Å². The summed E-state index contributed by atoms with van der Waals surface area (Å²) < 4.78 is 14.8. The first-order valence-electron chi connectivity index (χ1n) is 8.23. The first-order chi connectivity index (χ1) is 14.1. The summed E-state index contributed by atoms with van der Waals surface area (Å²) in [6.45, 7) is 9.57. The van der Waals surface area contributed by atoms with E-state index in [1.54, 1.807) is 0 Å². The van der Waals surface area contributed by atoms with Crippen molar-refractivity contribution in [3.8, 4) is 0 Å². The van der Waals surface area contributed by atoms with Crippen LogP contribution in [0.4, 0.5) is 0 Å². The smallest absolute Gasteiger partial charge is 0.424 e. The molecule has 0 aliphatic rings. The molecule has 0 fully saturated rings. The van der Waals surface area contributed by atoms with Crippen LogP contribution in [0, 0.1) is 0 Å². The topological polar surface area (TPSA) is 154 Å². The first-order valence-corrected chi connectivity index (χ1v) is 8.23. The lowest BCUT2D eigenvalue weighted by Gasteiger charge is -2.30. The highest BCUT2D eigenvalue weighted by Gasteiger charge is 2.42. The van der Waals surface area contributed by atoms with Crippen LogP contribution in [0.2, 0.25) is 0 Å². The third-order valence-corrected chi connectivity index (χ3v) is 3.56. The van der Waals surface area contributed by atoms with Gasteiger partial charge in [0.15, 0.2) is 0 Å². The highest BCUT2D eigenvalue weighted by atomic mass is 16.9. The zero-order valence-corrected chi connectivity index (χ0v) is 15.7. The molecule has 1 aromatic rings. The Morgan fingerprint density at radius 3 is 1.67 bits per heavy atom. The summed E-state index contributed by atoms with van der Waals surface area (Å²) in [7, 11) is 0. The van der Waals surface area contributed by atoms with Gasteiger partial charge < -0.3 is 24.4 Å². The predicted octanol–water partition coefficient (Wildman–Crippen LogP) is 1.86. The minimum absolute atomic E-state index is 0.00858.